The Kier molecular flexibility index (Phi) is 4.01. The highest BCUT2D eigenvalue weighted by Gasteiger charge is 2.20. The number of carbonyl (C=O) groups is 1. The number of benzene rings is 1. The fourth-order valence-corrected chi connectivity index (χ4v) is 4.41. The Balaban J connectivity index is 1.70. The molecular formula is C18H15N2O4S-. The summed E-state index contributed by atoms with van der Waals surface area (Å²) in [7, 11) is 0. The number of nitrogens with one attached hydrogen (secondary N) is 1. The average molecular weight is 355 g/mol. The highest BCUT2D eigenvalue weighted by atomic mass is 32.1. The molecule has 2 heterocycles. The number of H-pyrrole nitrogens is 1. The third-order valence-corrected chi connectivity index (χ3v) is 5.50. The number of aryl methyl sites for hydroxylation is 2. The van der Waals surface area contributed by atoms with Gasteiger partial charge in [-0.2, -0.15) is 0 Å². The maximum absolute atomic E-state index is 12.6. The number of fused-ring (bicyclic) bond motifs is 3. The lowest BCUT2D eigenvalue weighted by Crippen LogP contribution is -2.28. The van der Waals surface area contributed by atoms with E-state index in [1.807, 2.05) is 0 Å². The van der Waals surface area contributed by atoms with Gasteiger partial charge < -0.3 is 19.6 Å². The Hall–Kier alpha value is -2.67. The summed E-state index contributed by atoms with van der Waals surface area (Å²) in [6, 6.07) is 6.76. The zero-order chi connectivity index (χ0) is 17.4. The van der Waals surface area contributed by atoms with E-state index in [1.54, 1.807) is 35.6 Å². The first-order valence-corrected chi connectivity index (χ1v) is 8.91. The van der Waals surface area contributed by atoms with Gasteiger partial charge in [-0.15, -0.1) is 11.3 Å². The van der Waals surface area contributed by atoms with Crippen molar-refractivity contribution in [2.24, 2.45) is 0 Å². The van der Waals surface area contributed by atoms with Crippen LogP contribution in [0.15, 0.2) is 29.1 Å². The van der Waals surface area contributed by atoms with Crippen LogP contribution < -0.4 is 15.4 Å². The minimum atomic E-state index is -1.28. The van der Waals surface area contributed by atoms with Crippen molar-refractivity contribution in [2.45, 2.75) is 25.7 Å². The number of aromatic amines is 1. The van der Waals surface area contributed by atoms with Crippen molar-refractivity contribution in [3.8, 4) is 17.1 Å². The number of carbonyl (C=O) groups excluding carboxylic acids is 1. The van der Waals surface area contributed by atoms with E-state index in [0.717, 1.165) is 47.0 Å². The molecule has 0 radical (unpaired) electrons. The topological polar surface area (TPSA) is 95.1 Å². The summed E-state index contributed by atoms with van der Waals surface area (Å²) in [5, 5.41) is 11.2. The van der Waals surface area contributed by atoms with Crippen LogP contribution >= 0.6 is 11.3 Å². The second-order valence-electron chi connectivity index (χ2n) is 5.99. The molecule has 0 amide bonds. The van der Waals surface area contributed by atoms with Crippen molar-refractivity contribution in [3.63, 3.8) is 0 Å². The molecule has 0 saturated heterocycles. The summed E-state index contributed by atoms with van der Waals surface area (Å²) < 4.78 is 5.06. The summed E-state index contributed by atoms with van der Waals surface area (Å²) in [6.45, 7) is -0.499. The highest BCUT2D eigenvalue weighted by Crippen LogP contribution is 2.34. The van der Waals surface area contributed by atoms with Crippen molar-refractivity contribution in [3.05, 3.63) is 45.1 Å². The Morgan fingerprint density at radius 1 is 1.24 bits per heavy atom. The van der Waals surface area contributed by atoms with Crippen LogP contribution in [-0.4, -0.2) is 22.5 Å². The largest absolute Gasteiger partial charge is 0.546 e. The van der Waals surface area contributed by atoms with Gasteiger partial charge in [0.1, 0.15) is 23.0 Å². The van der Waals surface area contributed by atoms with E-state index < -0.39 is 12.6 Å². The van der Waals surface area contributed by atoms with E-state index >= 15 is 0 Å². The molecule has 1 aliphatic carbocycles. The maximum Gasteiger partial charge on any atom is 0.260 e. The van der Waals surface area contributed by atoms with Crippen LogP contribution in [0.5, 0.6) is 5.75 Å². The number of nitrogens with zero attached hydrogens (tertiary/aromatic N) is 1. The van der Waals surface area contributed by atoms with Crippen LogP contribution in [0.2, 0.25) is 0 Å². The lowest BCUT2D eigenvalue weighted by Gasteiger charge is -2.09. The summed E-state index contributed by atoms with van der Waals surface area (Å²) in [5.41, 5.74) is 1.81. The van der Waals surface area contributed by atoms with Gasteiger partial charge in [-0.3, -0.25) is 4.79 Å². The van der Waals surface area contributed by atoms with Crippen molar-refractivity contribution in [2.75, 3.05) is 6.61 Å². The van der Waals surface area contributed by atoms with E-state index in [2.05, 4.69) is 9.97 Å². The molecular weight excluding hydrogens is 340 g/mol. The van der Waals surface area contributed by atoms with Crippen LogP contribution in [0, 0.1) is 0 Å². The molecule has 0 saturated carbocycles. The minimum Gasteiger partial charge on any atom is -0.546 e. The van der Waals surface area contributed by atoms with Crippen molar-refractivity contribution >= 4 is 27.5 Å². The molecule has 1 N–H and O–H groups in total. The standard InChI is InChI=1S/C18H16N2O4S/c21-14(22)9-24-11-7-5-10(6-8-11)16-19-17(23)15-12-3-1-2-4-13(12)25-18(15)20-16/h5-8H,1-4,9H2,(H,21,22)(H,19,20,23)/p-1. The smallest absolute Gasteiger partial charge is 0.260 e. The predicted octanol–water partition coefficient (Wildman–Crippen LogP) is 1.66. The number of aromatic nitrogens is 2. The number of hydrogen-bond donors (Lipinski definition) is 1. The fraction of sp³-hybridized carbons (Fsp3) is 0.278. The average Bonchev–Trinajstić information content (AvgIpc) is 2.99. The van der Waals surface area contributed by atoms with Gasteiger partial charge in [-0.05, 0) is 55.5 Å². The van der Waals surface area contributed by atoms with Gasteiger partial charge in [0.05, 0.1) is 11.4 Å². The second kappa shape index (κ2) is 6.33. The Morgan fingerprint density at radius 3 is 2.76 bits per heavy atom. The molecule has 7 heteroatoms. The quantitative estimate of drug-likeness (QED) is 0.768. The molecule has 0 bridgehead atoms. The molecule has 128 valence electrons. The molecule has 0 atom stereocenters. The first kappa shape index (κ1) is 15.8. The van der Waals surface area contributed by atoms with E-state index in [9.17, 15) is 14.7 Å². The van der Waals surface area contributed by atoms with E-state index in [-0.39, 0.29) is 5.56 Å². The first-order valence-electron chi connectivity index (χ1n) is 8.09. The maximum atomic E-state index is 12.6. The SMILES string of the molecule is O=C([O-])COc1ccc(-c2nc3sc4c(c3c(=O)[nH]2)CCCC4)cc1. The van der Waals surface area contributed by atoms with Gasteiger partial charge in [0.25, 0.3) is 5.56 Å². The first-order chi connectivity index (χ1) is 12.1. The van der Waals surface area contributed by atoms with E-state index in [1.165, 1.54) is 4.88 Å². The zero-order valence-electron chi connectivity index (χ0n) is 13.3. The van der Waals surface area contributed by atoms with Crippen molar-refractivity contribution in [1.82, 2.24) is 9.97 Å². The van der Waals surface area contributed by atoms with Crippen LogP contribution in [0.4, 0.5) is 0 Å². The molecule has 3 aromatic rings. The number of thiophene rings is 1. The number of ether oxygens (including phenoxy) is 1. The van der Waals surface area contributed by atoms with Gasteiger partial charge in [0.2, 0.25) is 0 Å². The second-order valence-corrected chi connectivity index (χ2v) is 7.07. The van der Waals surface area contributed by atoms with Crippen molar-refractivity contribution < 1.29 is 14.6 Å². The molecule has 1 aromatic carbocycles. The zero-order valence-corrected chi connectivity index (χ0v) is 14.1. The Labute approximate surface area is 147 Å². The predicted molar refractivity (Wildman–Crippen MR) is 92.8 cm³/mol. The lowest BCUT2D eigenvalue weighted by atomic mass is 9.97. The number of hydrogen-bond acceptors (Lipinski definition) is 6. The number of rotatable bonds is 4. The van der Waals surface area contributed by atoms with Gasteiger partial charge in [0, 0.05) is 10.4 Å². The van der Waals surface area contributed by atoms with Crippen LogP contribution in [0.3, 0.4) is 0 Å². The molecule has 0 fully saturated rings. The van der Waals surface area contributed by atoms with Gasteiger partial charge in [-0.1, -0.05) is 0 Å². The molecule has 0 unspecified atom stereocenters. The molecule has 1 aliphatic rings. The summed E-state index contributed by atoms with van der Waals surface area (Å²) in [6.07, 6.45) is 4.25. The summed E-state index contributed by atoms with van der Waals surface area (Å²) in [5.74, 6) is -0.354. The fourth-order valence-electron chi connectivity index (χ4n) is 3.15. The third-order valence-electron chi connectivity index (χ3n) is 4.31. The van der Waals surface area contributed by atoms with Crippen molar-refractivity contribution in [1.29, 1.82) is 0 Å². The number of carboxylic acid groups (broad SMARTS) is 1. The normalized spacial score (nSPS) is 13.6. The monoisotopic (exact) mass is 355 g/mol. The van der Waals surface area contributed by atoms with Gasteiger partial charge in [-0.25, -0.2) is 4.98 Å². The number of aliphatic carboxylic acids is 1. The van der Waals surface area contributed by atoms with Crippen LogP contribution in [-0.2, 0) is 17.6 Å². The van der Waals surface area contributed by atoms with Crippen LogP contribution in [0.1, 0.15) is 23.3 Å². The van der Waals surface area contributed by atoms with Crippen LogP contribution in [0.25, 0.3) is 21.6 Å². The molecule has 0 spiro atoms. The molecule has 25 heavy (non-hydrogen) atoms. The Bertz CT molecular complexity index is 1000. The third kappa shape index (κ3) is 3.02. The van der Waals surface area contributed by atoms with Gasteiger partial charge in [0.15, 0.2) is 0 Å². The Morgan fingerprint density at radius 2 is 2.00 bits per heavy atom. The molecule has 6 nitrogen and oxygen atoms in total. The number of carboxylic acids is 1. The molecule has 4 rings (SSSR count). The summed E-state index contributed by atoms with van der Waals surface area (Å²) in [4.78, 5) is 32.5. The van der Waals surface area contributed by atoms with E-state index in [4.69, 9.17) is 4.74 Å². The lowest BCUT2D eigenvalue weighted by molar-refractivity contribution is -0.307. The highest BCUT2D eigenvalue weighted by molar-refractivity contribution is 7.18. The van der Waals surface area contributed by atoms with Gasteiger partial charge >= 0.3 is 0 Å². The minimum absolute atomic E-state index is 0.100. The molecule has 0 aliphatic heterocycles. The molecule has 2 aromatic heterocycles. The summed E-state index contributed by atoms with van der Waals surface area (Å²) >= 11 is 1.61. The van der Waals surface area contributed by atoms with E-state index in [0.29, 0.717) is 11.6 Å².